The van der Waals surface area contributed by atoms with Crippen LogP contribution in [-0.2, 0) is 11.3 Å². The lowest BCUT2D eigenvalue weighted by Crippen LogP contribution is -2.17. The van der Waals surface area contributed by atoms with Crippen LogP contribution in [0.3, 0.4) is 0 Å². The van der Waals surface area contributed by atoms with Crippen LogP contribution < -0.4 is 5.43 Å². The topological polar surface area (TPSA) is 59.3 Å². The summed E-state index contributed by atoms with van der Waals surface area (Å²) in [5.41, 5.74) is 2.89. The lowest BCUT2D eigenvalue weighted by atomic mass is 9.99. The Balaban J connectivity index is 2.58. The minimum Gasteiger partial charge on any atom is -0.480 e. The second-order valence-electron chi connectivity index (χ2n) is 6.31. The number of pyridine rings is 1. The van der Waals surface area contributed by atoms with Crippen LogP contribution in [0.5, 0.6) is 0 Å². The van der Waals surface area contributed by atoms with E-state index in [0.717, 1.165) is 5.56 Å². The van der Waals surface area contributed by atoms with Gasteiger partial charge >= 0.3 is 5.97 Å². The second-order valence-corrected chi connectivity index (χ2v) is 6.72. The number of aliphatic carboxylic acids is 1. The summed E-state index contributed by atoms with van der Waals surface area (Å²) in [7, 11) is 0. The number of nitrogens with zero attached hydrogens (tertiary/aromatic N) is 1. The predicted molar refractivity (Wildman–Crippen MR) is 97.2 cm³/mol. The van der Waals surface area contributed by atoms with Crippen LogP contribution in [0.4, 0.5) is 0 Å². The number of hydrogen-bond acceptors (Lipinski definition) is 2. The summed E-state index contributed by atoms with van der Waals surface area (Å²) in [6.07, 6.45) is 0. The Morgan fingerprint density at radius 2 is 1.88 bits per heavy atom. The smallest absolute Gasteiger partial charge is 0.323 e. The quantitative estimate of drug-likeness (QED) is 0.720. The maximum absolute atomic E-state index is 12.9. The molecular weight excluding hydrogens is 326 g/mol. The molecule has 0 bridgehead atoms. The zero-order chi connectivity index (χ0) is 17.6. The van der Waals surface area contributed by atoms with Gasteiger partial charge < -0.3 is 9.67 Å². The molecule has 0 saturated carbocycles. The van der Waals surface area contributed by atoms with E-state index >= 15 is 0 Å². The Kier molecular flexibility index (Phi) is 4.10. The molecule has 1 heterocycles. The van der Waals surface area contributed by atoms with Gasteiger partial charge in [-0.25, -0.2) is 0 Å². The summed E-state index contributed by atoms with van der Waals surface area (Å²) in [6.45, 7) is 5.70. The minimum atomic E-state index is -0.962. The largest absolute Gasteiger partial charge is 0.480 e. The van der Waals surface area contributed by atoms with E-state index in [2.05, 4.69) is 13.8 Å². The standard InChI is InChI=1S/C19H18ClNO3/c1-10(2)12-4-5-13-16(8-12)21(9-17(22)23)18-11(3)15(20)7-6-14(18)19(13)24/h4-8,10H,9H2,1-3H3,(H,22,23). The molecule has 4 nitrogen and oxygen atoms in total. The Morgan fingerprint density at radius 3 is 2.50 bits per heavy atom. The maximum atomic E-state index is 12.9. The molecule has 0 unspecified atom stereocenters. The Labute approximate surface area is 144 Å². The molecule has 1 aromatic heterocycles. The van der Waals surface area contributed by atoms with Crippen LogP contribution >= 0.6 is 11.6 Å². The lowest BCUT2D eigenvalue weighted by Gasteiger charge is -2.17. The summed E-state index contributed by atoms with van der Waals surface area (Å²) in [5, 5.41) is 10.9. The Hall–Kier alpha value is -2.33. The van der Waals surface area contributed by atoms with Crippen LogP contribution in [0.15, 0.2) is 35.1 Å². The van der Waals surface area contributed by atoms with Crippen molar-refractivity contribution in [3.8, 4) is 0 Å². The molecule has 0 amide bonds. The van der Waals surface area contributed by atoms with Crippen molar-refractivity contribution in [3.63, 3.8) is 0 Å². The molecule has 0 saturated heterocycles. The van der Waals surface area contributed by atoms with E-state index in [4.69, 9.17) is 11.6 Å². The average Bonchev–Trinajstić information content (AvgIpc) is 2.53. The fraction of sp³-hybridized carbons (Fsp3) is 0.263. The molecule has 0 radical (unpaired) electrons. The number of halogens is 1. The first kappa shape index (κ1) is 16.5. The molecule has 124 valence electrons. The summed E-state index contributed by atoms with van der Waals surface area (Å²) >= 11 is 6.22. The zero-order valence-electron chi connectivity index (χ0n) is 13.8. The van der Waals surface area contributed by atoms with Crippen LogP contribution in [-0.4, -0.2) is 15.6 Å². The van der Waals surface area contributed by atoms with Crippen molar-refractivity contribution in [3.05, 3.63) is 56.7 Å². The van der Waals surface area contributed by atoms with Gasteiger partial charge in [-0.15, -0.1) is 0 Å². The van der Waals surface area contributed by atoms with E-state index in [1.54, 1.807) is 29.7 Å². The molecule has 1 N–H and O–H groups in total. The van der Waals surface area contributed by atoms with Crippen LogP contribution in [0, 0.1) is 6.92 Å². The molecular formula is C19H18ClNO3. The van der Waals surface area contributed by atoms with Gasteiger partial charge in [0.15, 0.2) is 5.43 Å². The highest BCUT2D eigenvalue weighted by atomic mass is 35.5. The van der Waals surface area contributed by atoms with Crippen LogP contribution in [0.25, 0.3) is 21.8 Å². The van der Waals surface area contributed by atoms with Crippen LogP contribution in [0.2, 0.25) is 5.02 Å². The summed E-state index contributed by atoms with van der Waals surface area (Å²) in [5.74, 6) is -0.686. The third-order valence-electron chi connectivity index (χ3n) is 4.40. The predicted octanol–water partition coefficient (Wildman–Crippen LogP) is 4.32. The highest BCUT2D eigenvalue weighted by Crippen LogP contribution is 2.28. The average molecular weight is 344 g/mol. The fourth-order valence-electron chi connectivity index (χ4n) is 3.09. The number of benzene rings is 2. The van der Waals surface area contributed by atoms with Crippen molar-refractivity contribution in [1.29, 1.82) is 0 Å². The van der Waals surface area contributed by atoms with Crippen molar-refractivity contribution in [1.82, 2.24) is 4.57 Å². The van der Waals surface area contributed by atoms with Crippen molar-refractivity contribution in [2.24, 2.45) is 0 Å². The third-order valence-corrected chi connectivity index (χ3v) is 4.81. The molecule has 0 spiro atoms. The molecule has 0 atom stereocenters. The molecule has 3 aromatic rings. The highest BCUT2D eigenvalue weighted by molar-refractivity contribution is 6.32. The number of aryl methyl sites for hydroxylation is 1. The second kappa shape index (κ2) is 5.95. The van der Waals surface area contributed by atoms with Gasteiger partial charge in [-0.3, -0.25) is 9.59 Å². The fourth-order valence-corrected chi connectivity index (χ4v) is 3.25. The van der Waals surface area contributed by atoms with E-state index < -0.39 is 5.97 Å². The van der Waals surface area contributed by atoms with Gasteiger partial charge in [0.2, 0.25) is 0 Å². The van der Waals surface area contributed by atoms with E-state index in [0.29, 0.717) is 32.4 Å². The lowest BCUT2D eigenvalue weighted by molar-refractivity contribution is -0.137. The molecule has 0 aliphatic rings. The summed E-state index contributed by atoms with van der Waals surface area (Å²) in [4.78, 5) is 24.3. The van der Waals surface area contributed by atoms with Crippen molar-refractivity contribution >= 4 is 39.4 Å². The van der Waals surface area contributed by atoms with Gasteiger partial charge in [0.25, 0.3) is 0 Å². The van der Waals surface area contributed by atoms with Gasteiger partial charge in [0, 0.05) is 15.8 Å². The van der Waals surface area contributed by atoms with Gasteiger partial charge in [-0.1, -0.05) is 31.5 Å². The van der Waals surface area contributed by atoms with Gasteiger partial charge in [0.05, 0.1) is 11.0 Å². The number of hydrogen-bond donors (Lipinski definition) is 1. The molecule has 0 fully saturated rings. The van der Waals surface area contributed by atoms with Gasteiger partial charge in [-0.2, -0.15) is 0 Å². The SMILES string of the molecule is Cc1c(Cl)ccc2c(=O)c3ccc(C(C)C)cc3n(CC(=O)O)c12. The number of aromatic nitrogens is 1. The third kappa shape index (κ3) is 2.57. The summed E-state index contributed by atoms with van der Waals surface area (Å²) in [6, 6.07) is 8.97. The minimum absolute atomic E-state index is 0.100. The van der Waals surface area contributed by atoms with E-state index in [1.165, 1.54) is 0 Å². The number of fused-ring (bicyclic) bond motifs is 2. The molecule has 2 aromatic carbocycles. The molecule has 0 aliphatic carbocycles. The first-order chi connectivity index (χ1) is 11.3. The number of carboxylic acid groups (broad SMARTS) is 1. The normalized spacial score (nSPS) is 11.5. The first-order valence-electron chi connectivity index (χ1n) is 7.78. The van der Waals surface area contributed by atoms with E-state index in [-0.39, 0.29) is 17.9 Å². The Bertz CT molecular complexity index is 1030. The molecule has 24 heavy (non-hydrogen) atoms. The number of rotatable bonds is 3. The van der Waals surface area contributed by atoms with E-state index in [1.807, 2.05) is 12.1 Å². The van der Waals surface area contributed by atoms with Crippen molar-refractivity contribution in [2.75, 3.05) is 0 Å². The number of carbonyl (C=O) groups is 1. The molecule has 3 rings (SSSR count). The van der Waals surface area contributed by atoms with Gasteiger partial charge in [-0.05, 0) is 48.2 Å². The van der Waals surface area contributed by atoms with Crippen molar-refractivity contribution in [2.45, 2.75) is 33.2 Å². The zero-order valence-corrected chi connectivity index (χ0v) is 14.5. The van der Waals surface area contributed by atoms with Crippen molar-refractivity contribution < 1.29 is 9.90 Å². The highest BCUT2D eigenvalue weighted by Gasteiger charge is 2.16. The van der Waals surface area contributed by atoms with Crippen LogP contribution in [0.1, 0.15) is 30.9 Å². The maximum Gasteiger partial charge on any atom is 0.323 e. The monoisotopic (exact) mass is 343 g/mol. The van der Waals surface area contributed by atoms with E-state index in [9.17, 15) is 14.7 Å². The molecule has 5 heteroatoms. The Morgan fingerprint density at radius 1 is 1.21 bits per heavy atom. The first-order valence-corrected chi connectivity index (χ1v) is 8.16. The molecule has 0 aliphatic heterocycles. The summed E-state index contributed by atoms with van der Waals surface area (Å²) < 4.78 is 1.68. The van der Waals surface area contributed by atoms with Gasteiger partial charge in [0.1, 0.15) is 6.54 Å². The number of carboxylic acids is 1.